The van der Waals surface area contributed by atoms with Crippen molar-refractivity contribution >= 4 is 6.09 Å². The fourth-order valence-electron chi connectivity index (χ4n) is 0.670. The summed E-state index contributed by atoms with van der Waals surface area (Å²) in [5.74, 6) is 0. The second-order valence-electron chi connectivity index (χ2n) is 4.77. The van der Waals surface area contributed by atoms with Crippen LogP contribution in [0.4, 0.5) is 18.0 Å². The lowest BCUT2D eigenvalue weighted by Crippen LogP contribution is -2.58. The second kappa shape index (κ2) is 4.48. The van der Waals surface area contributed by atoms with E-state index in [0.717, 1.165) is 6.92 Å². The van der Waals surface area contributed by atoms with Gasteiger partial charge in [0.1, 0.15) is 11.1 Å². The normalized spacial score (nSPS) is 16.5. The Morgan fingerprint density at radius 1 is 1.25 bits per heavy atom. The van der Waals surface area contributed by atoms with Gasteiger partial charge in [0.25, 0.3) is 0 Å². The topological polar surface area (TPSA) is 64.3 Å². The molecule has 1 atom stereocenters. The lowest BCUT2D eigenvalue weighted by molar-refractivity contribution is -0.178. The number of alkyl carbamates (subject to hydrolysis) is 1. The molecule has 0 aromatic heterocycles. The Labute approximate surface area is 92.3 Å². The van der Waals surface area contributed by atoms with E-state index in [9.17, 15) is 18.0 Å². The number of halogens is 3. The molecule has 4 nitrogen and oxygen atoms in total. The number of rotatable bonds is 2. The zero-order chi connectivity index (χ0) is 13.2. The summed E-state index contributed by atoms with van der Waals surface area (Å²) in [6.07, 6.45) is -5.50. The van der Waals surface area contributed by atoms with Gasteiger partial charge in [-0.05, 0) is 27.7 Å². The van der Waals surface area contributed by atoms with Gasteiger partial charge in [-0.15, -0.1) is 0 Å². The van der Waals surface area contributed by atoms with E-state index in [0.29, 0.717) is 0 Å². The van der Waals surface area contributed by atoms with Gasteiger partial charge in [0.15, 0.2) is 0 Å². The van der Waals surface area contributed by atoms with Gasteiger partial charge in [-0.25, -0.2) is 4.79 Å². The van der Waals surface area contributed by atoms with Crippen LogP contribution < -0.4 is 11.1 Å². The van der Waals surface area contributed by atoms with Crippen molar-refractivity contribution in [3.05, 3.63) is 0 Å². The average Bonchev–Trinajstić information content (AvgIpc) is 1.95. The largest absolute Gasteiger partial charge is 0.444 e. The first-order valence-electron chi connectivity index (χ1n) is 4.68. The summed E-state index contributed by atoms with van der Waals surface area (Å²) in [5.41, 5.74) is 1.79. The van der Waals surface area contributed by atoms with Gasteiger partial charge < -0.3 is 15.8 Å². The molecule has 0 aromatic carbocycles. The molecule has 1 unspecified atom stereocenters. The van der Waals surface area contributed by atoms with Gasteiger partial charge in [0.05, 0.1) is 0 Å². The van der Waals surface area contributed by atoms with E-state index in [-0.39, 0.29) is 0 Å². The van der Waals surface area contributed by atoms with Gasteiger partial charge in [0, 0.05) is 6.54 Å². The molecule has 3 N–H and O–H groups in total. The summed E-state index contributed by atoms with van der Waals surface area (Å²) >= 11 is 0. The minimum Gasteiger partial charge on any atom is -0.444 e. The average molecular weight is 242 g/mol. The number of carbonyl (C=O) groups excluding carboxylic acids is 1. The molecule has 16 heavy (non-hydrogen) atoms. The molecule has 1 amide bonds. The molecule has 0 spiro atoms. The first-order chi connectivity index (χ1) is 6.85. The minimum absolute atomic E-state index is 0.731. The number of nitrogens with two attached hydrogens (primary N) is 1. The van der Waals surface area contributed by atoms with Crippen LogP contribution in [-0.2, 0) is 4.74 Å². The maximum atomic E-state index is 12.3. The van der Waals surface area contributed by atoms with Crippen LogP contribution in [0.2, 0.25) is 0 Å². The molecule has 0 bridgehead atoms. The second-order valence-corrected chi connectivity index (χ2v) is 4.77. The summed E-state index contributed by atoms with van der Waals surface area (Å²) < 4.78 is 41.7. The summed E-state index contributed by atoms with van der Waals surface area (Å²) in [5, 5.41) is 1.98. The molecule has 96 valence electrons. The number of amides is 1. The highest BCUT2D eigenvalue weighted by atomic mass is 19.4. The van der Waals surface area contributed by atoms with Gasteiger partial charge in [-0.3, -0.25) is 0 Å². The van der Waals surface area contributed by atoms with Crippen LogP contribution in [0.15, 0.2) is 0 Å². The third-order valence-electron chi connectivity index (χ3n) is 1.65. The Hall–Kier alpha value is -0.980. The molecule has 0 heterocycles. The summed E-state index contributed by atoms with van der Waals surface area (Å²) in [7, 11) is 0. The molecule has 0 saturated carbocycles. The van der Waals surface area contributed by atoms with Crippen molar-refractivity contribution in [3.8, 4) is 0 Å². The Morgan fingerprint density at radius 3 is 2.00 bits per heavy atom. The van der Waals surface area contributed by atoms with E-state index in [2.05, 4.69) is 0 Å². The van der Waals surface area contributed by atoms with Gasteiger partial charge in [-0.2, -0.15) is 13.2 Å². The van der Waals surface area contributed by atoms with Gasteiger partial charge in [0.2, 0.25) is 0 Å². The third-order valence-corrected chi connectivity index (χ3v) is 1.65. The fraction of sp³-hybridized carbons (Fsp3) is 0.889. The summed E-state index contributed by atoms with van der Waals surface area (Å²) in [6, 6.07) is 0. The number of hydrogen-bond donors (Lipinski definition) is 2. The van der Waals surface area contributed by atoms with Gasteiger partial charge >= 0.3 is 12.3 Å². The Kier molecular flexibility index (Phi) is 4.21. The molecule has 0 rings (SSSR count). The minimum atomic E-state index is -4.58. The van der Waals surface area contributed by atoms with Crippen LogP contribution in [0.3, 0.4) is 0 Å². The van der Waals surface area contributed by atoms with E-state index in [1.54, 1.807) is 20.8 Å². The quantitative estimate of drug-likeness (QED) is 0.776. The van der Waals surface area contributed by atoms with Crippen molar-refractivity contribution in [2.45, 2.75) is 45.0 Å². The van der Waals surface area contributed by atoms with Crippen molar-refractivity contribution < 1.29 is 22.7 Å². The number of ether oxygens (including phenoxy) is 1. The lowest BCUT2D eigenvalue weighted by atomic mass is 10.0. The van der Waals surface area contributed by atoms with Crippen LogP contribution in [0.25, 0.3) is 0 Å². The first-order valence-corrected chi connectivity index (χ1v) is 4.68. The molecule has 0 radical (unpaired) electrons. The number of hydrogen-bond acceptors (Lipinski definition) is 3. The molecule has 0 aromatic rings. The fourth-order valence-corrected chi connectivity index (χ4v) is 0.670. The molecule has 0 aliphatic carbocycles. The number of nitrogens with one attached hydrogen (secondary N) is 1. The van der Waals surface area contributed by atoms with Gasteiger partial charge in [-0.1, -0.05) is 0 Å². The first kappa shape index (κ1) is 15.0. The van der Waals surface area contributed by atoms with Crippen LogP contribution in [0.1, 0.15) is 27.7 Å². The number of alkyl halides is 3. The maximum absolute atomic E-state index is 12.3. The van der Waals surface area contributed by atoms with Crippen molar-refractivity contribution in [1.82, 2.24) is 5.32 Å². The van der Waals surface area contributed by atoms with Crippen LogP contribution in [0.5, 0.6) is 0 Å². The van der Waals surface area contributed by atoms with Crippen LogP contribution in [0, 0.1) is 0 Å². The van der Waals surface area contributed by atoms with Crippen LogP contribution in [-0.4, -0.2) is 30.0 Å². The highest BCUT2D eigenvalue weighted by Crippen LogP contribution is 2.27. The standard InChI is InChI=1S/C9H17F3N2O2/c1-7(2,3)16-6(15)14-5-8(4,13)9(10,11)12/h5,13H2,1-4H3,(H,14,15). The zero-order valence-corrected chi connectivity index (χ0v) is 9.73. The highest BCUT2D eigenvalue weighted by molar-refractivity contribution is 5.67. The van der Waals surface area contributed by atoms with Crippen molar-refractivity contribution in [2.24, 2.45) is 5.73 Å². The lowest BCUT2D eigenvalue weighted by Gasteiger charge is -2.28. The van der Waals surface area contributed by atoms with Crippen LogP contribution >= 0.6 is 0 Å². The predicted octanol–water partition coefficient (Wildman–Crippen LogP) is 1.79. The van der Waals surface area contributed by atoms with E-state index in [4.69, 9.17) is 10.5 Å². The molecule has 0 aliphatic rings. The highest BCUT2D eigenvalue weighted by Gasteiger charge is 2.48. The Morgan fingerprint density at radius 2 is 1.69 bits per heavy atom. The van der Waals surface area contributed by atoms with Crippen molar-refractivity contribution in [2.75, 3.05) is 6.54 Å². The number of carbonyl (C=O) groups is 1. The molecule has 7 heteroatoms. The molecule has 0 aliphatic heterocycles. The smallest absolute Gasteiger partial charge is 0.407 e. The Bertz CT molecular complexity index is 256. The van der Waals surface area contributed by atoms with E-state index < -0.39 is 30.0 Å². The molecular weight excluding hydrogens is 225 g/mol. The summed E-state index contributed by atoms with van der Waals surface area (Å²) in [6.45, 7) is 4.89. The zero-order valence-electron chi connectivity index (χ0n) is 9.73. The maximum Gasteiger partial charge on any atom is 0.407 e. The van der Waals surface area contributed by atoms with E-state index >= 15 is 0 Å². The summed E-state index contributed by atoms with van der Waals surface area (Å²) in [4.78, 5) is 11.1. The van der Waals surface area contributed by atoms with E-state index in [1.807, 2.05) is 5.32 Å². The molecule has 0 saturated heterocycles. The Balaban J connectivity index is 4.22. The van der Waals surface area contributed by atoms with Crippen molar-refractivity contribution in [3.63, 3.8) is 0 Å². The monoisotopic (exact) mass is 242 g/mol. The van der Waals surface area contributed by atoms with Crippen molar-refractivity contribution in [1.29, 1.82) is 0 Å². The molecular formula is C9H17F3N2O2. The van der Waals surface area contributed by atoms with E-state index in [1.165, 1.54) is 0 Å². The SMILES string of the molecule is CC(C)(C)OC(=O)NCC(C)(N)C(F)(F)F. The predicted molar refractivity (Wildman–Crippen MR) is 52.9 cm³/mol. The molecule has 0 fully saturated rings. The third kappa shape index (κ3) is 5.20.